The topological polar surface area (TPSA) is 99.7 Å². The third kappa shape index (κ3) is 5.00. The molecule has 0 spiro atoms. The maximum absolute atomic E-state index is 13.2. The Hall–Kier alpha value is -2.37. The molecule has 2 atom stereocenters. The fourth-order valence-electron chi connectivity index (χ4n) is 4.26. The molecule has 8 nitrogen and oxygen atoms in total. The smallest absolute Gasteiger partial charge is 0.243 e. The number of nitrogens with one attached hydrogen (secondary N) is 1. The van der Waals surface area contributed by atoms with Crippen LogP contribution in [0.3, 0.4) is 0 Å². The van der Waals surface area contributed by atoms with Gasteiger partial charge in [0.05, 0.1) is 16.7 Å². The van der Waals surface area contributed by atoms with Crippen molar-refractivity contribution in [3.8, 4) is 0 Å². The van der Waals surface area contributed by atoms with Crippen molar-refractivity contribution in [2.45, 2.75) is 30.6 Å². The summed E-state index contributed by atoms with van der Waals surface area (Å²) in [6.45, 7) is 1.28. The van der Waals surface area contributed by atoms with Crippen molar-refractivity contribution in [1.29, 1.82) is 0 Å². The number of hydrogen-bond donors (Lipinski definition) is 1. The Bertz CT molecular complexity index is 1060. The maximum Gasteiger partial charge on any atom is 0.243 e. The summed E-state index contributed by atoms with van der Waals surface area (Å²) in [6, 6.07) is 4.72. The minimum atomic E-state index is -3.80. The summed E-state index contributed by atoms with van der Waals surface area (Å²) in [6.07, 6.45) is 4.19. The predicted octanol–water partition coefficient (Wildman–Crippen LogP) is 2.56. The first-order chi connectivity index (χ1) is 15.3. The Morgan fingerprint density at radius 1 is 1.06 bits per heavy atom. The van der Waals surface area contributed by atoms with Crippen LogP contribution >= 0.6 is 11.3 Å². The van der Waals surface area contributed by atoms with E-state index in [1.807, 2.05) is 0 Å². The fraction of sp³-hybridized carbons (Fsp3) is 0.476. The number of carbonyl (C=O) groups is 2. The molecule has 2 amide bonds. The second-order valence-electron chi connectivity index (χ2n) is 8.11. The number of anilines is 1. The molecular weight excluding hydrogens is 455 g/mol. The second kappa shape index (κ2) is 9.63. The normalized spacial score (nSPS) is 22.5. The minimum Gasteiger partial charge on any atom is -0.342 e. The molecule has 2 saturated heterocycles. The van der Waals surface area contributed by atoms with Gasteiger partial charge in [-0.3, -0.25) is 9.59 Å². The first-order valence-electron chi connectivity index (χ1n) is 10.6. The molecule has 0 saturated carbocycles. The van der Waals surface area contributed by atoms with E-state index in [1.54, 1.807) is 16.5 Å². The summed E-state index contributed by atoms with van der Waals surface area (Å²) in [4.78, 5) is 31.6. The average molecular weight is 481 g/mol. The van der Waals surface area contributed by atoms with E-state index in [9.17, 15) is 22.4 Å². The second-order valence-corrected chi connectivity index (χ2v) is 10.9. The molecule has 2 aromatic rings. The maximum atomic E-state index is 13.2. The van der Waals surface area contributed by atoms with Crippen molar-refractivity contribution < 1.29 is 22.4 Å². The summed E-state index contributed by atoms with van der Waals surface area (Å²) >= 11 is 1.34. The summed E-state index contributed by atoms with van der Waals surface area (Å²) in [7, 11) is -3.80. The molecule has 1 aromatic carbocycles. The van der Waals surface area contributed by atoms with Gasteiger partial charge in [-0.1, -0.05) is 0 Å². The molecule has 0 radical (unpaired) electrons. The Morgan fingerprint density at radius 2 is 1.78 bits per heavy atom. The molecule has 172 valence electrons. The summed E-state index contributed by atoms with van der Waals surface area (Å²) in [5.74, 6) is -1.55. The number of sulfonamides is 1. The van der Waals surface area contributed by atoms with Crippen LogP contribution in [0.4, 0.5) is 9.52 Å². The fourth-order valence-corrected chi connectivity index (χ4v) is 6.32. The molecule has 0 bridgehead atoms. The van der Waals surface area contributed by atoms with E-state index in [0.717, 1.165) is 12.1 Å². The lowest BCUT2D eigenvalue weighted by Crippen LogP contribution is -2.50. The number of nitrogens with zero attached hydrogens (tertiary/aromatic N) is 3. The lowest BCUT2D eigenvalue weighted by Gasteiger charge is -2.37. The SMILES string of the molecule is O=C(Nc1nccs1)C1CCCN(C(=O)C2CCCN(S(=O)(=O)c3ccc(F)cc3)C2)C1. The lowest BCUT2D eigenvalue weighted by molar-refractivity contribution is -0.139. The molecule has 11 heteroatoms. The number of rotatable bonds is 5. The molecule has 2 fully saturated rings. The van der Waals surface area contributed by atoms with E-state index in [2.05, 4.69) is 10.3 Å². The van der Waals surface area contributed by atoms with E-state index in [-0.39, 0.29) is 29.2 Å². The number of aromatic nitrogens is 1. The standard InChI is InChI=1S/C21H25FN4O4S2/c22-17-5-7-18(8-6-17)32(29,30)26-11-2-4-16(14-26)20(28)25-10-1-3-15(13-25)19(27)24-21-23-9-12-31-21/h5-9,12,15-16H,1-4,10-11,13-14H2,(H,23,24,27). The molecule has 2 unspecified atom stereocenters. The molecule has 0 aliphatic carbocycles. The number of halogens is 1. The van der Waals surface area contributed by atoms with Crippen LogP contribution < -0.4 is 5.32 Å². The lowest BCUT2D eigenvalue weighted by atomic mass is 9.93. The zero-order valence-electron chi connectivity index (χ0n) is 17.4. The highest BCUT2D eigenvalue weighted by Crippen LogP contribution is 2.27. The quantitative estimate of drug-likeness (QED) is 0.709. The summed E-state index contributed by atoms with van der Waals surface area (Å²) < 4.78 is 40.4. The number of thiazole rings is 1. The molecule has 3 heterocycles. The van der Waals surface area contributed by atoms with Crippen molar-refractivity contribution in [3.63, 3.8) is 0 Å². The van der Waals surface area contributed by atoms with Crippen LogP contribution in [-0.4, -0.2) is 60.6 Å². The first kappa shape index (κ1) is 22.8. The summed E-state index contributed by atoms with van der Waals surface area (Å²) in [5.41, 5.74) is 0. The van der Waals surface area contributed by atoms with Crippen LogP contribution in [0.15, 0.2) is 40.7 Å². The van der Waals surface area contributed by atoms with E-state index in [4.69, 9.17) is 0 Å². The monoisotopic (exact) mass is 480 g/mol. The Balaban J connectivity index is 1.40. The number of hydrogen-bond acceptors (Lipinski definition) is 6. The number of carbonyl (C=O) groups excluding carboxylic acids is 2. The van der Waals surface area contributed by atoms with Crippen LogP contribution in [0.1, 0.15) is 25.7 Å². The van der Waals surface area contributed by atoms with Gasteiger partial charge in [-0.05, 0) is 49.9 Å². The van der Waals surface area contributed by atoms with E-state index < -0.39 is 21.8 Å². The van der Waals surface area contributed by atoms with Gasteiger partial charge < -0.3 is 10.2 Å². The molecule has 32 heavy (non-hydrogen) atoms. The summed E-state index contributed by atoms with van der Waals surface area (Å²) in [5, 5.41) is 5.11. The van der Waals surface area contributed by atoms with Gasteiger partial charge in [0.2, 0.25) is 21.8 Å². The Labute approximate surface area is 190 Å². The van der Waals surface area contributed by atoms with Gasteiger partial charge >= 0.3 is 0 Å². The minimum absolute atomic E-state index is 0.0175. The largest absolute Gasteiger partial charge is 0.342 e. The first-order valence-corrected chi connectivity index (χ1v) is 12.9. The zero-order valence-corrected chi connectivity index (χ0v) is 19.1. The third-order valence-electron chi connectivity index (χ3n) is 5.95. The number of piperidine rings is 2. The van der Waals surface area contributed by atoms with Crippen LogP contribution in [0.25, 0.3) is 0 Å². The molecule has 4 rings (SSSR count). The van der Waals surface area contributed by atoms with Gasteiger partial charge in [-0.25, -0.2) is 17.8 Å². The van der Waals surface area contributed by atoms with Crippen molar-refractivity contribution in [2.24, 2.45) is 11.8 Å². The van der Waals surface area contributed by atoms with Gasteiger partial charge in [0.25, 0.3) is 0 Å². The highest BCUT2D eigenvalue weighted by Gasteiger charge is 2.37. The molecule has 1 aromatic heterocycles. The van der Waals surface area contributed by atoms with Gasteiger partial charge in [0.15, 0.2) is 5.13 Å². The molecular formula is C21H25FN4O4S2. The van der Waals surface area contributed by atoms with Crippen LogP contribution in [0, 0.1) is 17.7 Å². The zero-order chi connectivity index (χ0) is 22.7. The van der Waals surface area contributed by atoms with Gasteiger partial charge in [0, 0.05) is 37.8 Å². The van der Waals surface area contributed by atoms with Gasteiger partial charge in [-0.2, -0.15) is 4.31 Å². The number of benzene rings is 1. The van der Waals surface area contributed by atoms with E-state index >= 15 is 0 Å². The van der Waals surface area contributed by atoms with Crippen molar-refractivity contribution >= 4 is 38.3 Å². The number of likely N-dealkylation sites (tertiary alicyclic amines) is 1. The Kier molecular flexibility index (Phi) is 6.87. The number of amides is 2. The predicted molar refractivity (Wildman–Crippen MR) is 118 cm³/mol. The van der Waals surface area contributed by atoms with Gasteiger partial charge in [-0.15, -0.1) is 11.3 Å². The van der Waals surface area contributed by atoms with Gasteiger partial charge in [0.1, 0.15) is 5.82 Å². The van der Waals surface area contributed by atoms with Crippen molar-refractivity contribution in [3.05, 3.63) is 41.7 Å². The molecule has 1 N–H and O–H groups in total. The van der Waals surface area contributed by atoms with Crippen molar-refractivity contribution in [2.75, 3.05) is 31.5 Å². The molecule has 2 aliphatic heterocycles. The van der Waals surface area contributed by atoms with Crippen LogP contribution in [-0.2, 0) is 19.6 Å². The van der Waals surface area contributed by atoms with Crippen LogP contribution in [0.2, 0.25) is 0 Å². The highest BCUT2D eigenvalue weighted by molar-refractivity contribution is 7.89. The average Bonchev–Trinajstić information content (AvgIpc) is 3.32. The van der Waals surface area contributed by atoms with E-state index in [1.165, 1.54) is 27.8 Å². The van der Waals surface area contributed by atoms with E-state index in [0.29, 0.717) is 50.4 Å². The third-order valence-corrected chi connectivity index (χ3v) is 8.52. The van der Waals surface area contributed by atoms with Crippen molar-refractivity contribution in [1.82, 2.24) is 14.2 Å². The molecule has 2 aliphatic rings. The Morgan fingerprint density at radius 3 is 2.50 bits per heavy atom. The highest BCUT2D eigenvalue weighted by atomic mass is 32.2. The van der Waals surface area contributed by atoms with Crippen LogP contribution in [0.5, 0.6) is 0 Å².